The number of nitrogens with one attached hydrogen (secondary N) is 1. The average Bonchev–Trinajstić information content (AvgIpc) is 2.98. The second-order valence-electron chi connectivity index (χ2n) is 6.18. The van der Waals surface area contributed by atoms with Crippen molar-refractivity contribution >= 4 is 0 Å². The molecule has 0 aliphatic heterocycles. The Bertz CT molecular complexity index is 392. The fourth-order valence-corrected chi connectivity index (χ4v) is 3.45. The van der Waals surface area contributed by atoms with Crippen molar-refractivity contribution in [2.45, 2.75) is 58.4 Å². The molecule has 1 aromatic rings. The van der Waals surface area contributed by atoms with E-state index in [0.29, 0.717) is 11.5 Å². The third kappa shape index (κ3) is 3.54. The Balaban J connectivity index is 1.97. The van der Waals surface area contributed by atoms with Gasteiger partial charge in [-0.2, -0.15) is 0 Å². The van der Waals surface area contributed by atoms with Crippen LogP contribution in [0.1, 0.15) is 64.0 Å². The lowest BCUT2D eigenvalue weighted by molar-refractivity contribution is 0.254. The van der Waals surface area contributed by atoms with Crippen LogP contribution in [0.15, 0.2) is 24.3 Å². The van der Waals surface area contributed by atoms with Crippen LogP contribution >= 0.6 is 0 Å². The molecule has 0 aromatic heterocycles. The molecule has 0 bridgehead atoms. The molecule has 2 nitrogen and oxygen atoms in total. The van der Waals surface area contributed by atoms with Crippen molar-refractivity contribution in [3.05, 3.63) is 29.8 Å². The predicted octanol–water partition coefficient (Wildman–Crippen LogP) is 4.71. The van der Waals surface area contributed by atoms with Crippen LogP contribution in [-0.2, 0) is 0 Å². The summed E-state index contributed by atoms with van der Waals surface area (Å²) in [6.07, 6.45) is 8.06. The quantitative estimate of drug-likeness (QED) is 0.778. The molecule has 20 heavy (non-hydrogen) atoms. The van der Waals surface area contributed by atoms with Crippen molar-refractivity contribution in [2.24, 2.45) is 5.41 Å². The topological polar surface area (TPSA) is 21.3 Å². The lowest BCUT2D eigenvalue weighted by Gasteiger charge is -2.30. The number of hydrogen-bond acceptors (Lipinski definition) is 2. The van der Waals surface area contributed by atoms with Crippen LogP contribution in [0, 0.1) is 5.41 Å². The average molecular weight is 275 g/mol. The number of benzene rings is 1. The fourth-order valence-electron chi connectivity index (χ4n) is 3.45. The normalized spacial score (nSPS) is 18.9. The lowest BCUT2D eigenvalue weighted by Crippen LogP contribution is -2.34. The minimum absolute atomic E-state index is 0.463. The highest BCUT2D eigenvalue weighted by Gasteiger charge is 2.32. The summed E-state index contributed by atoms with van der Waals surface area (Å²) in [7, 11) is 1.72. The van der Waals surface area contributed by atoms with Gasteiger partial charge >= 0.3 is 0 Å². The summed E-state index contributed by atoms with van der Waals surface area (Å²) in [6, 6.07) is 8.96. The molecule has 2 heteroatoms. The zero-order chi connectivity index (χ0) is 14.4. The molecule has 112 valence electrons. The molecule has 0 amide bonds. The molecule has 1 unspecified atom stereocenters. The van der Waals surface area contributed by atoms with Gasteiger partial charge in [-0.15, -0.1) is 0 Å². The summed E-state index contributed by atoms with van der Waals surface area (Å²) in [6.45, 7) is 5.77. The molecule has 0 spiro atoms. The predicted molar refractivity (Wildman–Crippen MR) is 85.2 cm³/mol. The SMILES string of the molecule is CCC(NCC1(CC)CCCC1)c1ccc(OC)cc1. The van der Waals surface area contributed by atoms with Gasteiger partial charge in [-0.3, -0.25) is 0 Å². The second-order valence-corrected chi connectivity index (χ2v) is 6.18. The molecular weight excluding hydrogens is 246 g/mol. The number of methoxy groups -OCH3 is 1. The maximum absolute atomic E-state index is 5.24. The monoisotopic (exact) mass is 275 g/mol. The Hall–Kier alpha value is -1.02. The molecule has 1 aliphatic rings. The highest BCUT2D eigenvalue weighted by atomic mass is 16.5. The Morgan fingerprint density at radius 3 is 2.30 bits per heavy atom. The van der Waals surface area contributed by atoms with E-state index in [1.807, 2.05) is 0 Å². The third-order valence-corrected chi connectivity index (χ3v) is 5.06. The third-order valence-electron chi connectivity index (χ3n) is 5.06. The van der Waals surface area contributed by atoms with Gasteiger partial charge in [-0.25, -0.2) is 0 Å². The molecule has 1 N–H and O–H groups in total. The molecular formula is C18H29NO. The smallest absolute Gasteiger partial charge is 0.118 e. The maximum atomic E-state index is 5.24. The molecule has 0 radical (unpaired) electrons. The maximum Gasteiger partial charge on any atom is 0.118 e. The fraction of sp³-hybridized carbons (Fsp3) is 0.667. The van der Waals surface area contributed by atoms with Crippen LogP contribution < -0.4 is 10.1 Å². The van der Waals surface area contributed by atoms with Gasteiger partial charge in [0.15, 0.2) is 0 Å². The summed E-state index contributed by atoms with van der Waals surface area (Å²) in [5.74, 6) is 0.935. The zero-order valence-corrected chi connectivity index (χ0v) is 13.2. The van der Waals surface area contributed by atoms with Crippen LogP contribution in [0.25, 0.3) is 0 Å². The van der Waals surface area contributed by atoms with Crippen LogP contribution in [0.3, 0.4) is 0 Å². The van der Waals surface area contributed by atoms with Gasteiger partial charge < -0.3 is 10.1 Å². The summed E-state index contributed by atoms with van der Waals surface area (Å²) in [4.78, 5) is 0. The van der Waals surface area contributed by atoms with Gasteiger partial charge in [0, 0.05) is 12.6 Å². The van der Waals surface area contributed by atoms with Gasteiger partial charge in [0.1, 0.15) is 5.75 Å². The lowest BCUT2D eigenvalue weighted by atomic mass is 9.83. The van der Waals surface area contributed by atoms with E-state index in [2.05, 4.69) is 43.4 Å². The molecule has 2 rings (SSSR count). The Morgan fingerprint density at radius 2 is 1.80 bits per heavy atom. The minimum atomic E-state index is 0.463. The first-order valence-electron chi connectivity index (χ1n) is 8.10. The van der Waals surface area contributed by atoms with Crippen LogP contribution in [0.4, 0.5) is 0 Å². The molecule has 0 saturated heterocycles. The van der Waals surface area contributed by atoms with E-state index in [9.17, 15) is 0 Å². The number of ether oxygens (including phenoxy) is 1. The van der Waals surface area contributed by atoms with E-state index in [1.54, 1.807) is 7.11 Å². The van der Waals surface area contributed by atoms with Gasteiger partial charge in [-0.1, -0.05) is 38.8 Å². The standard InChI is InChI=1S/C18H29NO/c1-4-17(15-8-10-16(20-3)11-9-15)19-14-18(5-2)12-6-7-13-18/h8-11,17,19H,4-7,12-14H2,1-3H3. The van der Waals surface area contributed by atoms with Crippen molar-refractivity contribution < 1.29 is 4.74 Å². The van der Waals surface area contributed by atoms with Crippen molar-refractivity contribution in [3.63, 3.8) is 0 Å². The number of rotatable bonds is 7. The van der Waals surface area contributed by atoms with Gasteiger partial charge in [-0.05, 0) is 48.8 Å². The molecule has 1 saturated carbocycles. The first kappa shape index (κ1) is 15.4. The minimum Gasteiger partial charge on any atom is -0.497 e. The van der Waals surface area contributed by atoms with E-state index in [0.717, 1.165) is 18.7 Å². The number of hydrogen-bond donors (Lipinski definition) is 1. The molecule has 0 heterocycles. The molecule has 1 aliphatic carbocycles. The Labute approximate surface area is 123 Å². The van der Waals surface area contributed by atoms with E-state index in [1.165, 1.54) is 37.7 Å². The molecule has 1 atom stereocenters. The van der Waals surface area contributed by atoms with Crippen LogP contribution in [-0.4, -0.2) is 13.7 Å². The van der Waals surface area contributed by atoms with Crippen molar-refractivity contribution in [1.82, 2.24) is 5.32 Å². The summed E-state index contributed by atoms with van der Waals surface area (Å²) in [5, 5.41) is 3.82. The molecule has 1 fully saturated rings. The van der Waals surface area contributed by atoms with E-state index in [4.69, 9.17) is 4.74 Å². The Morgan fingerprint density at radius 1 is 1.15 bits per heavy atom. The van der Waals surface area contributed by atoms with Crippen molar-refractivity contribution in [2.75, 3.05) is 13.7 Å². The van der Waals surface area contributed by atoms with E-state index < -0.39 is 0 Å². The van der Waals surface area contributed by atoms with Crippen LogP contribution in [0.2, 0.25) is 0 Å². The van der Waals surface area contributed by atoms with Crippen molar-refractivity contribution in [3.8, 4) is 5.75 Å². The Kier molecular flexibility index (Phi) is 5.47. The highest BCUT2D eigenvalue weighted by Crippen LogP contribution is 2.40. The first-order valence-corrected chi connectivity index (χ1v) is 8.10. The summed E-state index contributed by atoms with van der Waals surface area (Å²) in [5.41, 5.74) is 1.93. The van der Waals surface area contributed by atoms with Crippen molar-refractivity contribution in [1.29, 1.82) is 0 Å². The second kappa shape index (κ2) is 7.12. The van der Waals surface area contributed by atoms with Gasteiger partial charge in [0.2, 0.25) is 0 Å². The first-order chi connectivity index (χ1) is 9.73. The van der Waals surface area contributed by atoms with E-state index >= 15 is 0 Å². The van der Waals surface area contributed by atoms with Gasteiger partial charge in [0.05, 0.1) is 7.11 Å². The van der Waals surface area contributed by atoms with Gasteiger partial charge in [0.25, 0.3) is 0 Å². The zero-order valence-electron chi connectivity index (χ0n) is 13.2. The molecule has 1 aromatic carbocycles. The van der Waals surface area contributed by atoms with Crippen LogP contribution in [0.5, 0.6) is 5.75 Å². The summed E-state index contributed by atoms with van der Waals surface area (Å²) >= 11 is 0. The summed E-state index contributed by atoms with van der Waals surface area (Å²) < 4.78 is 5.24. The largest absolute Gasteiger partial charge is 0.497 e. The van der Waals surface area contributed by atoms with E-state index in [-0.39, 0.29) is 0 Å². The highest BCUT2D eigenvalue weighted by molar-refractivity contribution is 5.29.